The molecule has 0 amide bonds. The van der Waals surface area contributed by atoms with Crippen LogP contribution in [0.5, 0.6) is 0 Å². The summed E-state index contributed by atoms with van der Waals surface area (Å²) in [5.41, 5.74) is -0.668. The first kappa shape index (κ1) is 13.8. The summed E-state index contributed by atoms with van der Waals surface area (Å²) in [7, 11) is -3.20. The molecule has 1 aliphatic rings. The van der Waals surface area contributed by atoms with Gasteiger partial charge in [0.1, 0.15) is 0 Å². The Morgan fingerprint density at radius 2 is 2.14 bits per heavy atom. The summed E-state index contributed by atoms with van der Waals surface area (Å²) >= 11 is 0. The van der Waals surface area contributed by atoms with Crippen molar-refractivity contribution in [2.75, 3.05) is 11.5 Å². The lowest BCUT2D eigenvalue weighted by atomic mass is 10.0. The average Bonchev–Trinajstić information content (AvgIpc) is 2.84. The van der Waals surface area contributed by atoms with Gasteiger partial charge in [0.15, 0.2) is 9.84 Å². The predicted molar refractivity (Wildman–Crippen MR) is 76.1 cm³/mol. The minimum atomic E-state index is -3.20. The Kier molecular flexibility index (Phi) is 2.74. The molecule has 1 fully saturated rings. The van der Waals surface area contributed by atoms with E-state index in [0.29, 0.717) is 17.5 Å². The summed E-state index contributed by atoms with van der Waals surface area (Å²) in [5, 5.41) is 10.9. The molecule has 1 unspecified atom stereocenters. The van der Waals surface area contributed by atoms with E-state index in [9.17, 15) is 23.3 Å². The molecule has 112 valence electrons. The van der Waals surface area contributed by atoms with Gasteiger partial charge in [-0.3, -0.25) is 14.7 Å². The van der Waals surface area contributed by atoms with Crippen LogP contribution < -0.4 is 5.69 Å². The molecule has 0 bridgehead atoms. The molecule has 1 aromatic carbocycles. The Hall–Kier alpha value is -2.16. The molecule has 1 aliphatic heterocycles. The summed E-state index contributed by atoms with van der Waals surface area (Å²) in [6.07, 6.45) is 0.310. The second kappa shape index (κ2) is 4.17. The van der Waals surface area contributed by atoms with E-state index in [-0.39, 0.29) is 17.2 Å². The van der Waals surface area contributed by atoms with Gasteiger partial charge in [-0.05, 0) is 19.4 Å². The van der Waals surface area contributed by atoms with Crippen LogP contribution in [0.25, 0.3) is 11.0 Å². The number of aromatic amines is 1. The van der Waals surface area contributed by atoms with Crippen molar-refractivity contribution in [2.45, 2.75) is 18.9 Å². The maximum absolute atomic E-state index is 12.2. The molecule has 1 atom stereocenters. The molecule has 8 nitrogen and oxygen atoms in total. The minimum absolute atomic E-state index is 0.0114. The second-order valence-corrected chi connectivity index (χ2v) is 7.75. The van der Waals surface area contributed by atoms with Gasteiger partial charge in [0, 0.05) is 12.1 Å². The minimum Gasteiger partial charge on any atom is -0.306 e. The summed E-state index contributed by atoms with van der Waals surface area (Å²) in [6, 6.07) is 4.05. The number of nitro groups is 1. The number of hydrogen-bond donors (Lipinski definition) is 1. The second-order valence-electron chi connectivity index (χ2n) is 5.56. The van der Waals surface area contributed by atoms with Crippen molar-refractivity contribution in [1.82, 2.24) is 9.55 Å². The van der Waals surface area contributed by atoms with Crippen LogP contribution in [-0.2, 0) is 15.4 Å². The molecule has 0 spiro atoms. The number of nitrogens with zero attached hydrogens (tertiary/aromatic N) is 2. The molecule has 2 aromatic rings. The van der Waals surface area contributed by atoms with E-state index in [1.807, 2.05) is 0 Å². The van der Waals surface area contributed by atoms with Crippen molar-refractivity contribution in [2.24, 2.45) is 0 Å². The van der Waals surface area contributed by atoms with Crippen molar-refractivity contribution >= 4 is 26.6 Å². The highest BCUT2D eigenvalue weighted by atomic mass is 32.2. The zero-order valence-electron chi connectivity index (χ0n) is 11.2. The maximum Gasteiger partial charge on any atom is 0.327 e. The van der Waals surface area contributed by atoms with Gasteiger partial charge in [-0.15, -0.1) is 0 Å². The van der Waals surface area contributed by atoms with Crippen LogP contribution in [0, 0.1) is 10.1 Å². The molecule has 0 saturated carbocycles. The van der Waals surface area contributed by atoms with E-state index in [2.05, 4.69) is 4.98 Å². The van der Waals surface area contributed by atoms with Crippen molar-refractivity contribution < 1.29 is 13.3 Å². The third-order valence-corrected chi connectivity index (χ3v) is 5.79. The quantitative estimate of drug-likeness (QED) is 0.649. The number of imidazole rings is 1. The topological polar surface area (TPSA) is 115 Å². The molecular weight excluding hydrogens is 298 g/mol. The highest BCUT2D eigenvalue weighted by molar-refractivity contribution is 7.91. The van der Waals surface area contributed by atoms with Gasteiger partial charge in [0.2, 0.25) is 0 Å². The number of benzene rings is 1. The van der Waals surface area contributed by atoms with Gasteiger partial charge in [-0.25, -0.2) is 13.2 Å². The van der Waals surface area contributed by atoms with Crippen LogP contribution in [-0.4, -0.2) is 34.4 Å². The predicted octanol–water partition coefficient (Wildman–Crippen LogP) is 0.772. The zero-order chi connectivity index (χ0) is 15.4. The Morgan fingerprint density at radius 1 is 1.43 bits per heavy atom. The maximum atomic E-state index is 12.2. The number of H-pyrrole nitrogens is 1. The van der Waals surface area contributed by atoms with E-state index >= 15 is 0 Å². The Labute approximate surface area is 119 Å². The van der Waals surface area contributed by atoms with Crippen molar-refractivity contribution in [3.05, 3.63) is 38.8 Å². The first-order chi connectivity index (χ1) is 9.72. The van der Waals surface area contributed by atoms with Crippen LogP contribution in [0.1, 0.15) is 13.3 Å². The fraction of sp³-hybridized carbons (Fsp3) is 0.417. The number of sulfone groups is 1. The Morgan fingerprint density at radius 3 is 2.71 bits per heavy atom. The van der Waals surface area contributed by atoms with E-state index in [0.717, 1.165) is 0 Å². The number of non-ortho nitro benzene ring substituents is 1. The number of aromatic nitrogens is 2. The normalized spacial score (nSPS) is 24.4. The highest BCUT2D eigenvalue weighted by Gasteiger charge is 2.41. The smallest absolute Gasteiger partial charge is 0.306 e. The number of hydrogen-bond acceptors (Lipinski definition) is 5. The van der Waals surface area contributed by atoms with E-state index in [1.165, 1.54) is 22.8 Å². The summed E-state index contributed by atoms with van der Waals surface area (Å²) < 4.78 is 24.8. The van der Waals surface area contributed by atoms with Gasteiger partial charge in [-0.1, -0.05) is 0 Å². The molecular formula is C12H13N3O5S. The third-order valence-electron chi connectivity index (χ3n) is 3.90. The summed E-state index contributed by atoms with van der Waals surface area (Å²) in [5.74, 6) is -0.132. The standard InChI is InChI=1S/C12H13N3O5S/c1-12(4-5-21(19,20)7-12)14-10-6-8(15(17)18)2-3-9(10)13-11(14)16/h2-3,6H,4-5,7H2,1H3,(H,13,16). The molecule has 1 N–H and O–H groups in total. The fourth-order valence-corrected chi connectivity index (χ4v) is 5.03. The lowest BCUT2D eigenvalue weighted by Crippen LogP contribution is -2.38. The molecule has 0 radical (unpaired) electrons. The van der Waals surface area contributed by atoms with Crippen molar-refractivity contribution in [3.8, 4) is 0 Å². The first-order valence-electron chi connectivity index (χ1n) is 6.32. The van der Waals surface area contributed by atoms with Crippen LogP contribution >= 0.6 is 0 Å². The lowest BCUT2D eigenvalue weighted by Gasteiger charge is -2.23. The summed E-state index contributed by atoms with van der Waals surface area (Å²) in [4.78, 5) is 25.1. The molecule has 1 aromatic heterocycles. The van der Waals surface area contributed by atoms with Gasteiger partial charge in [0.25, 0.3) is 5.69 Å². The SMILES string of the molecule is CC1(n2c(=O)[nH]c3ccc([N+](=O)[O-])cc32)CCS(=O)(=O)C1. The number of fused-ring (bicyclic) bond motifs is 1. The van der Waals surface area contributed by atoms with Gasteiger partial charge in [-0.2, -0.15) is 0 Å². The van der Waals surface area contributed by atoms with Crippen LogP contribution in [0.2, 0.25) is 0 Å². The van der Waals surface area contributed by atoms with Gasteiger partial charge >= 0.3 is 5.69 Å². The Balaban J connectivity index is 2.27. The van der Waals surface area contributed by atoms with Gasteiger partial charge in [0.05, 0.1) is 33.0 Å². The monoisotopic (exact) mass is 311 g/mol. The van der Waals surface area contributed by atoms with E-state index in [4.69, 9.17) is 0 Å². The first-order valence-corrected chi connectivity index (χ1v) is 8.14. The van der Waals surface area contributed by atoms with Crippen LogP contribution in [0.3, 0.4) is 0 Å². The fourth-order valence-electron chi connectivity index (χ4n) is 2.91. The Bertz CT molecular complexity index is 911. The van der Waals surface area contributed by atoms with Gasteiger partial charge < -0.3 is 4.98 Å². The molecule has 2 heterocycles. The molecule has 3 rings (SSSR count). The van der Waals surface area contributed by atoms with Crippen molar-refractivity contribution in [1.29, 1.82) is 0 Å². The van der Waals surface area contributed by atoms with Crippen LogP contribution in [0.4, 0.5) is 5.69 Å². The van der Waals surface area contributed by atoms with Crippen LogP contribution in [0.15, 0.2) is 23.0 Å². The third kappa shape index (κ3) is 2.13. The van der Waals surface area contributed by atoms with E-state index < -0.39 is 26.0 Å². The molecule has 1 saturated heterocycles. The number of nitro benzene ring substituents is 1. The molecule has 21 heavy (non-hydrogen) atoms. The number of rotatable bonds is 2. The largest absolute Gasteiger partial charge is 0.327 e. The molecule has 0 aliphatic carbocycles. The summed E-state index contributed by atoms with van der Waals surface area (Å²) in [6.45, 7) is 1.69. The lowest BCUT2D eigenvalue weighted by molar-refractivity contribution is -0.384. The average molecular weight is 311 g/mol. The number of nitrogens with one attached hydrogen (secondary N) is 1. The van der Waals surface area contributed by atoms with E-state index in [1.54, 1.807) is 6.92 Å². The van der Waals surface area contributed by atoms with Crippen molar-refractivity contribution in [3.63, 3.8) is 0 Å². The highest BCUT2D eigenvalue weighted by Crippen LogP contribution is 2.32. The zero-order valence-corrected chi connectivity index (χ0v) is 12.0. The molecule has 9 heteroatoms.